The highest BCUT2D eigenvalue weighted by Gasteiger charge is 2.41. The van der Waals surface area contributed by atoms with Gasteiger partial charge in [0.15, 0.2) is 8.32 Å². The molecule has 2 aromatic rings. The van der Waals surface area contributed by atoms with Crippen molar-refractivity contribution in [3.63, 3.8) is 0 Å². The molecule has 0 aromatic heterocycles. The van der Waals surface area contributed by atoms with Gasteiger partial charge in [-0.3, -0.25) is 20.4 Å². The molecule has 0 unspecified atom stereocenters. The number of carbonyl (C=O) groups excluding carboxylic acids is 2. The Bertz CT molecular complexity index is 1130. The summed E-state index contributed by atoms with van der Waals surface area (Å²) in [6.07, 6.45) is -0.523. The van der Waals surface area contributed by atoms with Crippen LogP contribution in [-0.2, 0) is 9.22 Å². The van der Waals surface area contributed by atoms with Gasteiger partial charge in [0.2, 0.25) is 5.69 Å². The molecule has 3 N–H and O–H groups in total. The first kappa shape index (κ1) is 29.1. The first-order valence-electron chi connectivity index (χ1n) is 11.1. The number of nitrogens with zero attached hydrogens (tertiary/aromatic N) is 1. The van der Waals surface area contributed by atoms with E-state index in [1.165, 1.54) is 0 Å². The van der Waals surface area contributed by atoms with E-state index in [9.17, 15) is 9.59 Å². The fraction of sp³-hybridized carbons (Fsp3) is 0.400. The molecule has 2 atom stereocenters. The summed E-state index contributed by atoms with van der Waals surface area (Å²) < 4.78 is 7.50. The molecule has 0 heterocycles. The largest absolute Gasteiger partial charge is 0.412 e. The smallest absolute Gasteiger partial charge is 0.269 e. The van der Waals surface area contributed by atoms with Crippen LogP contribution < -0.4 is 16.2 Å². The van der Waals surface area contributed by atoms with Gasteiger partial charge in [-0.2, -0.15) is 0 Å². The Morgan fingerprint density at radius 1 is 1.11 bits per heavy atom. The summed E-state index contributed by atoms with van der Waals surface area (Å²) >= 11 is 8.51. The van der Waals surface area contributed by atoms with Gasteiger partial charge in [0, 0.05) is 14.8 Å². The summed E-state index contributed by atoms with van der Waals surface area (Å²) in [6, 6.07) is 9.50. The van der Waals surface area contributed by atoms with Crippen molar-refractivity contribution in [2.45, 2.75) is 64.9 Å². The van der Waals surface area contributed by atoms with Gasteiger partial charge in [-0.15, -0.1) is 0 Å². The van der Waals surface area contributed by atoms with E-state index >= 15 is 0 Å². The molecule has 2 amide bonds. The van der Waals surface area contributed by atoms with Crippen molar-refractivity contribution in [1.29, 1.82) is 0 Å². The van der Waals surface area contributed by atoms with E-state index in [-0.39, 0.29) is 5.04 Å². The molecule has 0 saturated heterocycles. The van der Waals surface area contributed by atoms with Gasteiger partial charge in [0.25, 0.3) is 11.8 Å². The average molecular weight is 627 g/mol. The standard InChI is InChI=1S/C25H32ClIN4O3Si/c1-15-19(13-14-20(28-6)21(15)26)29-22(16(2)34-35(7,8)25(3,4)5)24(33)31-30-23(32)17-9-11-18(27)12-10-17/h9-14,16,22,29H,1-5,7-8H3,(H,30,32)(H,31,33)/t16-,22+/m0/s1. The average Bonchev–Trinajstić information content (AvgIpc) is 2.77. The van der Waals surface area contributed by atoms with Crippen LogP contribution >= 0.6 is 34.2 Å². The highest BCUT2D eigenvalue weighted by molar-refractivity contribution is 14.1. The molecular weight excluding hydrogens is 595 g/mol. The maximum absolute atomic E-state index is 13.3. The van der Waals surface area contributed by atoms with E-state index in [1.807, 2.05) is 19.1 Å². The van der Waals surface area contributed by atoms with E-state index in [2.05, 4.69) is 77.5 Å². The highest BCUT2D eigenvalue weighted by Crippen LogP contribution is 2.38. The lowest BCUT2D eigenvalue weighted by Gasteiger charge is -2.40. The van der Waals surface area contributed by atoms with E-state index < -0.39 is 32.3 Å². The number of amides is 2. The molecular formula is C25H32ClIN4O3Si. The third-order valence-electron chi connectivity index (χ3n) is 6.24. The maximum atomic E-state index is 13.3. The van der Waals surface area contributed by atoms with Gasteiger partial charge in [-0.25, -0.2) is 4.85 Å². The monoisotopic (exact) mass is 626 g/mol. The predicted octanol–water partition coefficient (Wildman–Crippen LogP) is 6.46. The van der Waals surface area contributed by atoms with Gasteiger partial charge in [0.05, 0.1) is 17.7 Å². The van der Waals surface area contributed by atoms with Crippen molar-refractivity contribution >= 4 is 65.7 Å². The number of anilines is 1. The van der Waals surface area contributed by atoms with Gasteiger partial charge in [-0.05, 0) is 90.5 Å². The first-order chi connectivity index (χ1) is 16.2. The first-order valence-corrected chi connectivity index (χ1v) is 15.5. The number of hydrazine groups is 1. The van der Waals surface area contributed by atoms with Crippen molar-refractivity contribution in [2.75, 3.05) is 5.32 Å². The lowest BCUT2D eigenvalue weighted by atomic mass is 10.1. The predicted molar refractivity (Wildman–Crippen MR) is 152 cm³/mol. The third-order valence-corrected chi connectivity index (χ3v) is 12.0. The number of nitrogens with one attached hydrogen (secondary N) is 3. The topological polar surface area (TPSA) is 83.8 Å². The van der Waals surface area contributed by atoms with Crippen molar-refractivity contribution < 1.29 is 14.0 Å². The number of hydrogen-bond donors (Lipinski definition) is 3. The Balaban J connectivity index is 2.29. The third kappa shape index (κ3) is 7.43. The van der Waals surface area contributed by atoms with E-state index in [0.29, 0.717) is 27.5 Å². The molecule has 0 saturated carbocycles. The van der Waals surface area contributed by atoms with E-state index in [4.69, 9.17) is 22.6 Å². The zero-order valence-corrected chi connectivity index (χ0v) is 25.0. The maximum Gasteiger partial charge on any atom is 0.269 e. The molecule has 0 fully saturated rings. The molecule has 0 aliphatic rings. The molecule has 35 heavy (non-hydrogen) atoms. The van der Waals surface area contributed by atoms with Crippen LogP contribution in [0.4, 0.5) is 11.4 Å². The quantitative estimate of drug-likeness (QED) is 0.143. The zero-order chi connectivity index (χ0) is 26.6. The number of carbonyl (C=O) groups is 2. The molecule has 0 aliphatic heterocycles. The highest BCUT2D eigenvalue weighted by atomic mass is 127. The van der Waals surface area contributed by atoms with Gasteiger partial charge in [-0.1, -0.05) is 38.4 Å². The van der Waals surface area contributed by atoms with Crippen LogP contribution in [0.15, 0.2) is 36.4 Å². The minimum absolute atomic E-state index is 0.0577. The number of rotatable bonds is 7. The van der Waals surface area contributed by atoms with Crippen LogP contribution in [0, 0.1) is 17.1 Å². The summed E-state index contributed by atoms with van der Waals surface area (Å²) in [5.74, 6) is -0.882. The van der Waals surface area contributed by atoms with Gasteiger partial charge in [0.1, 0.15) is 6.04 Å². The van der Waals surface area contributed by atoms with Crippen LogP contribution in [0.1, 0.15) is 43.6 Å². The zero-order valence-electron chi connectivity index (χ0n) is 21.0. The summed E-state index contributed by atoms with van der Waals surface area (Å²) in [5, 5.41) is 3.50. The SMILES string of the molecule is [C-]#[N+]c1ccc(N[C@@H](C(=O)NNC(=O)c2ccc(I)cc2)[C@H](C)O[Si](C)(C)C(C)(C)C)c(C)c1Cl. The van der Waals surface area contributed by atoms with Crippen molar-refractivity contribution in [3.8, 4) is 0 Å². The Morgan fingerprint density at radius 2 is 1.71 bits per heavy atom. The van der Waals surface area contributed by atoms with Crippen molar-refractivity contribution in [1.82, 2.24) is 10.9 Å². The molecule has 0 bridgehead atoms. The molecule has 10 heteroatoms. The molecule has 0 spiro atoms. The fourth-order valence-electron chi connectivity index (χ4n) is 3.06. The van der Waals surface area contributed by atoms with Gasteiger partial charge < -0.3 is 9.74 Å². The molecule has 2 rings (SSSR count). The number of benzene rings is 2. The van der Waals surface area contributed by atoms with Crippen molar-refractivity contribution in [3.05, 3.63) is 67.5 Å². The molecule has 7 nitrogen and oxygen atoms in total. The van der Waals surface area contributed by atoms with Crippen LogP contribution in [-0.4, -0.2) is 32.3 Å². The summed E-state index contributed by atoms with van der Waals surface area (Å²) in [7, 11) is -2.21. The van der Waals surface area contributed by atoms with Crippen LogP contribution in [0.5, 0.6) is 0 Å². The van der Waals surface area contributed by atoms with Gasteiger partial charge >= 0.3 is 0 Å². The molecule has 0 radical (unpaired) electrons. The second kappa shape index (κ2) is 11.7. The Morgan fingerprint density at radius 3 is 2.26 bits per heavy atom. The van der Waals surface area contributed by atoms with E-state index in [0.717, 1.165) is 3.57 Å². The van der Waals surface area contributed by atoms with Crippen LogP contribution in [0.3, 0.4) is 0 Å². The molecule has 0 aliphatic carbocycles. The second-order valence-corrected chi connectivity index (χ2v) is 16.2. The van der Waals surface area contributed by atoms with Crippen molar-refractivity contribution in [2.24, 2.45) is 0 Å². The lowest BCUT2D eigenvalue weighted by molar-refractivity contribution is -0.124. The second-order valence-electron chi connectivity index (χ2n) is 9.84. The number of halogens is 2. The molecule has 2 aromatic carbocycles. The van der Waals surface area contributed by atoms with E-state index in [1.54, 1.807) is 31.2 Å². The molecule has 188 valence electrons. The Labute approximate surface area is 227 Å². The minimum atomic E-state index is -2.21. The number of hydrogen-bond acceptors (Lipinski definition) is 4. The summed E-state index contributed by atoms with van der Waals surface area (Å²) in [6.45, 7) is 21.5. The Kier molecular flexibility index (Phi) is 9.76. The fourth-order valence-corrected chi connectivity index (χ4v) is 5.04. The van der Waals surface area contributed by atoms with Crippen LogP contribution in [0.25, 0.3) is 4.85 Å². The lowest BCUT2D eigenvalue weighted by Crippen LogP contribution is -2.55. The normalized spacial score (nSPS) is 13.4. The van der Waals surface area contributed by atoms with Crippen LogP contribution in [0.2, 0.25) is 23.2 Å². The summed E-state index contributed by atoms with van der Waals surface area (Å²) in [4.78, 5) is 29.2. The minimum Gasteiger partial charge on any atom is -0.412 e. The summed E-state index contributed by atoms with van der Waals surface area (Å²) in [5.41, 5.74) is 7.04. The Hall–Kier alpha value is -2.13.